The van der Waals surface area contributed by atoms with Gasteiger partial charge in [0, 0.05) is 11.6 Å². The lowest BCUT2D eigenvalue weighted by molar-refractivity contribution is -0.136. The molecule has 0 spiro atoms. The van der Waals surface area contributed by atoms with Crippen molar-refractivity contribution in [1.82, 2.24) is 5.16 Å². The number of rotatable bonds is 5. The maximum atomic E-state index is 10.6. The first-order valence-corrected chi connectivity index (χ1v) is 5.60. The molecule has 5 heteroatoms. The van der Waals surface area contributed by atoms with Crippen LogP contribution >= 0.6 is 0 Å². The molecule has 0 fully saturated rings. The number of carboxylic acids is 1. The largest absolute Gasteiger partial charge is 0.493 e. The number of ether oxygens (including phenoxy) is 1. The van der Waals surface area contributed by atoms with Crippen LogP contribution in [0.15, 0.2) is 34.9 Å². The fourth-order valence-corrected chi connectivity index (χ4v) is 1.63. The highest BCUT2D eigenvalue weighted by Crippen LogP contribution is 2.29. The predicted molar refractivity (Wildman–Crippen MR) is 64.4 cm³/mol. The Labute approximate surface area is 104 Å². The van der Waals surface area contributed by atoms with Crippen molar-refractivity contribution < 1.29 is 19.2 Å². The molecule has 0 bridgehead atoms. The molecule has 5 nitrogen and oxygen atoms in total. The van der Waals surface area contributed by atoms with Crippen molar-refractivity contribution in [1.29, 1.82) is 0 Å². The summed E-state index contributed by atoms with van der Waals surface area (Å²) in [5.41, 5.74) is 1.37. The van der Waals surface area contributed by atoms with Crippen molar-refractivity contribution in [2.75, 3.05) is 6.61 Å². The molecule has 18 heavy (non-hydrogen) atoms. The molecule has 1 heterocycles. The van der Waals surface area contributed by atoms with Gasteiger partial charge in [0.1, 0.15) is 23.6 Å². The minimum atomic E-state index is -0.948. The number of benzene rings is 1. The molecule has 0 unspecified atom stereocenters. The summed E-state index contributed by atoms with van der Waals surface area (Å²) in [7, 11) is 0. The molecule has 0 saturated carbocycles. The molecule has 1 aromatic heterocycles. The Balaban J connectivity index is 2.30. The van der Waals surface area contributed by atoms with E-state index in [1.54, 1.807) is 6.07 Å². The lowest BCUT2D eigenvalue weighted by Crippen LogP contribution is -1.98. The summed E-state index contributed by atoms with van der Waals surface area (Å²) in [5, 5.41) is 12.5. The number of nitrogens with zero attached hydrogens (tertiary/aromatic N) is 1. The first-order chi connectivity index (χ1) is 8.70. The normalized spacial score (nSPS) is 10.3. The van der Waals surface area contributed by atoms with Gasteiger partial charge >= 0.3 is 5.97 Å². The van der Waals surface area contributed by atoms with Crippen LogP contribution in [0.4, 0.5) is 0 Å². The van der Waals surface area contributed by atoms with E-state index < -0.39 is 5.97 Å². The molecule has 0 aliphatic carbocycles. The van der Waals surface area contributed by atoms with Gasteiger partial charge in [-0.25, -0.2) is 0 Å². The number of carboxylic acid groups (broad SMARTS) is 1. The topological polar surface area (TPSA) is 72.6 Å². The van der Waals surface area contributed by atoms with Gasteiger partial charge < -0.3 is 14.4 Å². The van der Waals surface area contributed by atoms with Crippen LogP contribution in [0.1, 0.15) is 12.7 Å². The van der Waals surface area contributed by atoms with Crippen molar-refractivity contribution in [3.63, 3.8) is 0 Å². The fraction of sp³-hybridized carbons (Fsp3) is 0.231. The quantitative estimate of drug-likeness (QED) is 0.878. The minimum absolute atomic E-state index is 0.177. The summed E-state index contributed by atoms with van der Waals surface area (Å²) >= 11 is 0. The van der Waals surface area contributed by atoms with Crippen LogP contribution in [0, 0.1) is 0 Å². The van der Waals surface area contributed by atoms with Crippen molar-refractivity contribution in [3.05, 3.63) is 36.1 Å². The molecule has 0 amide bonds. The molecule has 94 valence electrons. The zero-order valence-electron chi connectivity index (χ0n) is 9.92. The predicted octanol–water partition coefficient (Wildman–Crippen LogP) is 2.37. The van der Waals surface area contributed by atoms with Gasteiger partial charge in [-0.15, -0.1) is 0 Å². The average Bonchev–Trinajstić information content (AvgIpc) is 2.77. The van der Waals surface area contributed by atoms with Crippen LogP contribution in [0.2, 0.25) is 0 Å². The van der Waals surface area contributed by atoms with Crippen molar-refractivity contribution in [3.8, 4) is 17.0 Å². The summed E-state index contributed by atoms with van der Waals surface area (Å²) in [4.78, 5) is 10.6. The molecular weight excluding hydrogens is 234 g/mol. The second kappa shape index (κ2) is 5.35. The molecule has 0 radical (unpaired) electrons. The van der Waals surface area contributed by atoms with E-state index in [4.69, 9.17) is 14.4 Å². The Morgan fingerprint density at radius 3 is 2.94 bits per heavy atom. The maximum Gasteiger partial charge on any atom is 0.311 e. The SMILES string of the molecule is CCOc1ccccc1-c1cc(CC(=O)O)on1. The van der Waals surface area contributed by atoms with E-state index in [0.717, 1.165) is 5.56 Å². The van der Waals surface area contributed by atoms with Crippen molar-refractivity contribution in [2.45, 2.75) is 13.3 Å². The highest BCUT2D eigenvalue weighted by Gasteiger charge is 2.12. The van der Waals surface area contributed by atoms with Gasteiger partial charge in [-0.1, -0.05) is 17.3 Å². The fourth-order valence-electron chi connectivity index (χ4n) is 1.63. The Morgan fingerprint density at radius 1 is 1.44 bits per heavy atom. The number of carbonyl (C=O) groups is 1. The molecule has 2 aromatic rings. The molecule has 0 saturated heterocycles. The van der Waals surface area contributed by atoms with Crippen LogP contribution in [0.5, 0.6) is 5.75 Å². The third-order valence-corrected chi connectivity index (χ3v) is 2.35. The smallest absolute Gasteiger partial charge is 0.311 e. The van der Waals surface area contributed by atoms with Crippen LogP contribution in [0.3, 0.4) is 0 Å². The molecular formula is C13H13NO4. The number of aromatic nitrogens is 1. The monoisotopic (exact) mass is 247 g/mol. The van der Waals surface area contributed by atoms with Gasteiger partial charge in [0.25, 0.3) is 0 Å². The highest BCUT2D eigenvalue weighted by molar-refractivity contribution is 5.71. The van der Waals surface area contributed by atoms with Crippen LogP contribution in [0.25, 0.3) is 11.3 Å². The second-order valence-corrected chi connectivity index (χ2v) is 3.68. The average molecular weight is 247 g/mol. The van der Waals surface area contributed by atoms with Gasteiger partial charge in [0.15, 0.2) is 0 Å². The third-order valence-electron chi connectivity index (χ3n) is 2.35. The van der Waals surface area contributed by atoms with Gasteiger partial charge in [0.05, 0.1) is 6.61 Å². The summed E-state index contributed by atoms with van der Waals surface area (Å²) in [6.45, 7) is 2.45. The van der Waals surface area contributed by atoms with E-state index in [-0.39, 0.29) is 6.42 Å². The number of para-hydroxylation sites is 1. The maximum absolute atomic E-state index is 10.6. The third kappa shape index (κ3) is 2.68. The second-order valence-electron chi connectivity index (χ2n) is 3.68. The summed E-state index contributed by atoms with van der Waals surface area (Å²) < 4.78 is 10.5. The van der Waals surface area contributed by atoms with E-state index in [0.29, 0.717) is 23.8 Å². The van der Waals surface area contributed by atoms with Crippen LogP contribution in [-0.4, -0.2) is 22.8 Å². The molecule has 1 aromatic carbocycles. The number of hydrogen-bond donors (Lipinski definition) is 1. The Morgan fingerprint density at radius 2 is 2.22 bits per heavy atom. The Kier molecular flexibility index (Phi) is 3.62. The van der Waals surface area contributed by atoms with Crippen LogP contribution < -0.4 is 4.74 Å². The summed E-state index contributed by atoms with van der Waals surface area (Å²) in [6.07, 6.45) is -0.177. The molecule has 0 aliphatic heterocycles. The van der Waals surface area contributed by atoms with Gasteiger partial charge in [-0.05, 0) is 19.1 Å². The van der Waals surface area contributed by atoms with E-state index >= 15 is 0 Å². The van der Waals surface area contributed by atoms with Crippen molar-refractivity contribution in [2.24, 2.45) is 0 Å². The number of hydrogen-bond acceptors (Lipinski definition) is 4. The van der Waals surface area contributed by atoms with E-state index in [9.17, 15) is 4.79 Å². The zero-order valence-corrected chi connectivity index (χ0v) is 9.92. The van der Waals surface area contributed by atoms with Crippen LogP contribution in [-0.2, 0) is 11.2 Å². The van der Waals surface area contributed by atoms with Gasteiger partial charge in [-0.3, -0.25) is 4.79 Å². The van der Waals surface area contributed by atoms with Crippen molar-refractivity contribution >= 4 is 5.97 Å². The number of aliphatic carboxylic acids is 1. The first kappa shape index (κ1) is 12.2. The Hall–Kier alpha value is -2.30. The molecule has 0 aliphatic rings. The first-order valence-electron chi connectivity index (χ1n) is 5.60. The van der Waals surface area contributed by atoms with Gasteiger partial charge in [0.2, 0.25) is 0 Å². The summed E-state index contributed by atoms with van der Waals surface area (Å²) in [6, 6.07) is 9.04. The highest BCUT2D eigenvalue weighted by atomic mass is 16.5. The molecule has 1 N–H and O–H groups in total. The minimum Gasteiger partial charge on any atom is -0.493 e. The lowest BCUT2D eigenvalue weighted by atomic mass is 10.1. The van der Waals surface area contributed by atoms with E-state index in [1.807, 2.05) is 31.2 Å². The van der Waals surface area contributed by atoms with E-state index in [2.05, 4.69) is 5.16 Å². The Bertz CT molecular complexity index is 547. The summed E-state index contributed by atoms with van der Waals surface area (Å²) in [5.74, 6) is 0.0785. The standard InChI is InChI=1S/C13H13NO4/c1-2-17-12-6-4-3-5-10(12)11-7-9(18-14-11)8-13(15)16/h3-7H,2,8H2,1H3,(H,15,16). The van der Waals surface area contributed by atoms with E-state index in [1.165, 1.54) is 0 Å². The lowest BCUT2D eigenvalue weighted by Gasteiger charge is -2.06. The molecule has 2 rings (SSSR count). The van der Waals surface area contributed by atoms with Gasteiger partial charge in [-0.2, -0.15) is 0 Å². The zero-order chi connectivity index (χ0) is 13.0. The molecule has 0 atom stereocenters.